The van der Waals surface area contributed by atoms with Crippen LogP contribution in [0.2, 0.25) is 0 Å². The van der Waals surface area contributed by atoms with E-state index in [0.29, 0.717) is 22.6 Å². The van der Waals surface area contributed by atoms with E-state index in [1.807, 2.05) is 38.1 Å². The normalized spacial score (nSPS) is 15.0. The number of amides is 2. The Morgan fingerprint density at radius 2 is 1.68 bits per heavy atom. The van der Waals surface area contributed by atoms with Gasteiger partial charge in [0.25, 0.3) is 11.8 Å². The van der Waals surface area contributed by atoms with Gasteiger partial charge in [0.2, 0.25) is 0 Å². The number of aryl methyl sites for hydroxylation is 1. The van der Waals surface area contributed by atoms with E-state index in [4.69, 9.17) is 0 Å². The van der Waals surface area contributed by atoms with E-state index in [2.05, 4.69) is 11.9 Å². The summed E-state index contributed by atoms with van der Waals surface area (Å²) in [6.07, 6.45) is 3.88. The van der Waals surface area contributed by atoms with Crippen LogP contribution in [0.1, 0.15) is 36.5 Å². The zero-order valence-corrected chi connectivity index (χ0v) is 16.2. The van der Waals surface area contributed by atoms with Gasteiger partial charge in [0.05, 0.1) is 0 Å². The van der Waals surface area contributed by atoms with E-state index in [9.17, 15) is 14.0 Å². The topological polar surface area (TPSA) is 46.2 Å². The lowest BCUT2D eigenvalue weighted by Crippen LogP contribution is -2.33. The van der Waals surface area contributed by atoms with E-state index in [0.717, 1.165) is 24.0 Å². The smallest absolute Gasteiger partial charge is 0.258 e. The summed E-state index contributed by atoms with van der Waals surface area (Å²) in [7, 11) is 0. The maximum Gasteiger partial charge on any atom is 0.258 e. The van der Waals surface area contributed by atoms with Gasteiger partial charge in [-0.2, -0.15) is 0 Å². The molecule has 3 nitrogen and oxygen atoms in total. The highest BCUT2D eigenvalue weighted by Crippen LogP contribution is 2.39. The molecule has 2 amide bonds. The maximum absolute atomic E-state index is 13.3. The standard InChI is InChI=1S/C24H24FNO2/c1-15-4-6-18(7-5-15)14-22(20-10-12-21(25)13-11-20)24(28)26-23(27)17(3)16(2)19-8-9-19/h4-7,10-14,16,19H,3,8-9H2,1-2H3,(H,26,27,28)/b22-14+. The zero-order valence-electron chi connectivity index (χ0n) is 16.2. The van der Waals surface area contributed by atoms with Crippen LogP contribution in [0.4, 0.5) is 4.39 Å². The summed E-state index contributed by atoms with van der Waals surface area (Å²) in [4.78, 5) is 25.4. The molecule has 1 N–H and O–H groups in total. The lowest BCUT2D eigenvalue weighted by Gasteiger charge is -2.14. The predicted molar refractivity (Wildman–Crippen MR) is 110 cm³/mol. The van der Waals surface area contributed by atoms with E-state index < -0.39 is 11.8 Å². The van der Waals surface area contributed by atoms with Gasteiger partial charge in [-0.1, -0.05) is 55.5 Å². The van der Waals surface area contributed by atoms with Crippen LogP contribution in [0.25, 0.3) is 11.6 Å². The predicted octanol–water partition coefficient (Wildman–Crippen LogP) is 4.92. The van der Waals surface area contributed by atoms with Crippen LogP contribution in [-0.2, 0) is 9.59 Å². The average molecular weight is 377 g/mol. The summed E-state index contributed by atoms with van der Waals surface area (Å²) in [6.45, 7) is 7.82. The second-order valence-electron chi connectivity index (χ2n) is 7.41. The molecule has 0 saturated heterocycles. The molecule has 1 aliphatic carbocycles. The number of benzene rings is 2. The first-order chi connectivity index (χ1) is 13.3. The first kappa shape index (κ1) is 19.7. The van der Waals surface area contributed by atoms with Crippen LogP contribution in [0.15, 0.2) is 60.7 Å². The molecule has 0 aliphatic heterocycles. The molecule has 1 atom stereocenters. The van der Waals surface area contributed by atoms with Crippen LogP contribution in [0.5, 0.6) is 0 Å². The summed E-state index contributed by atoms with van der Waals surface area (Å²) in [6, 6.07) is 13.3. The van der Waals surface area contributed by atoms with Crippen molar-refractivity contribution in [3.63, 3.8) is 0 Å². The van der Waals surface area contributed by atoms with Crippen LogP contribution >= 0.6 is 0 Å². The average Bonchev–Trinajstić information content (AvgIpc) is 3.52. The van der Waals surface area contributed by atoms with E-state index in [-0.39, 0.29) is 11.7 Å². The number of imide groups is 1. The van der Waals surface area contributed by atoms with Crippen molar-refractivity contribution >= 4 is 23.5 Å². The quantitative estimate of drug-likeness (QED) is 0.574. The molecule has 0 bridgehead atoms. The van der Waals surface area contributed by atoms with Crippen molar-refractivity contribution in [1.29, 1.82) is 0 Å². The number of rotatable bonds is 6. The Kier molecular flexibility index (Phi) is 5.88. The van der Waals surface area contributed by atoms with Gasteiger partial charge in [0, 0.05) is 11.1 Å². The number of halogens is 1. The summed E-state index contributed by atoms with van der Waals surface area (Å²) in [5, 5.41) is 2.45. The van der Waals surface area contributed by atoms with Crippen molar-refractivity contribution < 1.29 is 14.0 Å². The highest BCUT2D eigenvalue weighted by molar-refractivity contribution is 6.28. The third-order valence-electron chi connectivity index (χ3n) is 5.19. The van der Waals surface area contributed by atoms with Crippen molar-refractivity contribution in [1.82, 2.24) is 5.32 Å². The molecule has 1 aliphatic rings. The van der Waals surface area contributed by atoms with Gasteiger partial charge in [-0.25, -0.2) is 4.39 Å². The third-order valence-corrected chi connectivity index (χ3v) is 5.19. The van der Waals surface area contributed by atoms with Gasteiger partial charge in [-0.05, 0) is 60.9 Å². The van der Waals surface area contributed by atoms with E-state index in [1.165, 1.54) is 24.3 Å². The van der Waals surface area contributed by atoms with Crippen LogP contribution < -0.4 is 5.32 Å². The molecule has 0 aromatic heterocycles. The number of carbonyl (C=O) groups is 2. The molecule has 1 fully saturated rings. The van der Waals surface area contributed by atoms with Gasteiger partial charge in [-0.15, -0.1) is 0 Å². The second kappa shape index (κ2) is 8.34. The molecule has 2 aromatic carbocycles. The van der Waals surface area contributed by atoms with Gasteiger partial charge in [-0.3, -0.25) is 14.9 Å². The molecule has 0 heterocycles. The molecule has 4 heteroatoms. The number of hydrogen-bond donors (Lipinski definition) is 1. The maximum atomic E-state index is 13.3. The van der Waals surface area contributed by atoms with Gasteiger partial charge >= 0.3 is 0 Å². The monoisotopic (exact) mass is 377 g/mol. The fraction of sp³-hybridized carbons (Fsp3) is 0.250. The fourth-order valence-electron chi connectivity index (χ4n) is 3.08. The highest BCUT2D eigenvalue weighted by atomic mass is 19.1. The molecule has 144 valence electrons. The van der Waals surface area contributed by atoms with Crippen molar-refractivity contribution in [2.75, 3.05) is 0 Å². The molecule has 0 radical (unpaired) electrons. The minimum Gasteiger partial charge on any atom is -0.288 e. The van der Waals surface area contributed by atoms with Crippen LogP contribution in [0, 0.1) is 24.6 Å². The van der Waals surface area contributed by atoms with Crippen molar-refractivity contribution in [2.45, 2.75) is 26.7 Å². The molecular weight excluding hydrogens is 353 g/mol. The second-order valence-corrected chi connectivity index (χ2v) is 7.41. The van der Waals surface area contributed by atoms with Crippen molar-refractivity contribution in [2.24, 2.45) is 11.8 Å². The largest absolute Gasteiger partial charge is 0.288 e. The number of hydrogen-bond acceptors (Lipinski definition) is 2. The zero-order chi connectivity index (χ0) is 20.3. The van der Waals surface area contributed by atoms with E-state index >= 15 is 0 Å². The van der Waals surface area contributed by atoms with Crippen molar-refractivity contribution in [3.8, 4) is 0 Å². The van der Waals surface area contributed by atoms with Gasteiger partial charge < -0.3 is 0 Å². The molecule has 3 rings (SSSR count). The first-order valence-corrected chi connectivity index (χ1v) is 9.44. The molecule has 1 unspecified atom stereocenters. The molecule has 28 heavy (non-hydrogen) atoms. The first-order valence-electron chi connectivity index (χ1n) is 9.44. The van der Waals surface area contributed by atoms with Crippen LogP contribution in [0.3, 0.4) is 0 Å². The highest BCUT2D eigenvalue weighted by Gasteiger charge is 2.32. The lowest BCUT2D eigenvalue weighted by molar-refractivity contribution is -0.125. The Hall–Kier alpha value is -3.01. The Balaban J connectivity index is 1.86. The van der Waals surface area contributed by atoms with Crippen LogP contribution in [-0.4, -0.2) is 11.8 Å². The molecule has 2 aromatic rings. The summed E-state index contributed by atoms with van der Waals surface area (Å²) in [5.74, 6) is -0.833. The Labute approximate surface area is 165 Å². The summed E-state index contributed by atoms with van der Waals surface area (Å²) < 4.78 is 13.3. The Bertz CT molecular complexity index is 922. The summed E-state index contributed by atoms with van der Waals surface area (Å²) >= 11 is 0. The molecule has 0 spiro atoms. The summed E-state index contributed by atoms with van der Waals surface area (Å²) in [5.41, 5.74) is 3.17. The lowest BCUT2D eigenvalue weighted by atomic mass is 9.96. The number of nitrogens with one attached hydrogen (secondary N) is 1. The Morgan fingerprint density at radius 1 is 1.07 bits per heavy atom. The molecule has 1 saturated carbocycles. The van der Waals surface area contributed by atoms with Gasteiger partial charge in [0.1, 0.15) is 5.82 Å². The van der Waals surface area contributed by atoms with E-state index in [1.54, 1.807) is 6.08 Å². The van der Waals surface area contributed by atoms with Gasteiger partial charge in [0.15, 0.2) is 0 Å². The number of carbonyl (C=O) groups excluding carboxylic acids is 2. The minimum atomic E-state index is -0.527. The third kappa shape index (κ3) is 4.83. The Morgan fingerprint density at radius 3 is 2.25 bits per heavy atom. The fourth-order valence-corrected chi connectivity index (χ4v) is 3.08. The SMILES string of the molecule is C=C(C(=O)NC(=O)/C(=C/c1ccc(C)cc1)c1ccc(F)cc1)C(C)C1CC1. The minimum absolute atomic E-state index is 0.0585. The molecular formula is C24H24FNO2. The van der Waals surface area contributed by atoms with Crippen molar-refractivity contribution in [3.05, 3.63) is 83.2 Å².